The minimum absolute atomic E-state index is 0.177. The van der Waals surface area contributed by atoms with Gasteiger partial charge in [-0.3, -0.25) is 4.79 Å². The van der Waals surface area contributed by atoms with E-state index < -0.39 is 5.60 Å². The lowest BCUT2D eigenvalue weighted by Crippen LogP contribution is -2.40. The largest absolute Gasteiger partial charge is 0.459 e. The standard InChI is InChI=1S/C12H25NO2S/c1-9(16-6)7-8-13-10(2)11(14)15-12(3,4)5/h9-10,13H,7-8H2,1-6H3. The van der Waals surface area contributed by atoms with E-state index in [1.165, 1.54) is 0 Å². The van der Waals surface area contributed by atoms with Crippen molar-refractivity contribution in [1.29, 1.82) is 0 Å². The van der Waals surface area contributed by atoms with Gasteiger partial charge in [0.1, 0.15) is 11.6 Å². The van der Waals surface area contributed by atoms with Gasteiger partial charge in [0.05, 0.1) is 0 Å². The van der Waals surface area contributed by atoms with Crippen molar-refractivity contribution in [2.75, 3.05) is 12.8 Å². The van der Waals surface area contributed by atoms with Crippen LogP contribution in [-0.2, 0) is 9.53 Å². The topological polar surface area (TPSA) is 38.3 Å². The minimum Gasteiger partial charge on any atom is -0.459 e. The van der Waals surface area contributed by atoms with E-state index in [9.17, 15) is 4.79 Å². The third-order valence-electron chi connectivity index (χ3n) is 2.16. The van der Waals surface area contributed by atoms with E-state index in [0.29, 0.717) is 5.25 Å². The molecule has 0 aromatic carbocycles. The van der Waals surface area contributed by atoms with Gasteiger partial charge in [-0.2, -0.15) is 11.8 Å². The molecular formula is C12H25NO2S. The zero-order chi connectivity index (χ0) is 12.8. The number of nitrogens with one attached hydrogen (secondary N) is 1. The number of rotatable bonds is 6. The summed E-state index contributed by atoms with van der Waals surface area (Å²) in [5, 5.41) is 3.81. The third kappa shape index (κ3) is 7.99. The minimum atomic E-state index is -0.403. The summed E-state index contributed by atoms with van der Waals surface area (Å²) in [5.74, 6) is -0.177. The molecule has 0 bridgehead atoms. The molecule has 0 aliphatic carbocycles. The Morgan fingerprint density at radius 1 is 1.38 bits per heavy atom. The van der Waals surface area contributed by atoms with Crippen LogP contribution in [0.2, 0.25) is 0 Å². The molecule has 0 spiro atoms. The molecule has 4 heteroatoms. The average molecular weight is 247 g/mol. The van der Waals surface area contributed by atoms with Gasteiger partial charge in [-0.05, 0) is 46.9 Å². The van der Waals surface area contributed by atoms with Gasteiger partial charge in [-0.1, -0.05) is 6.92 Å². The number of hydrogen-bond donors (Lipinski definition) is 1. The Kier molecular flexibility index (Phi) is 7.07. The van der Waals surface area contributed by atoms with Crippen molar-refractivity contribution >= 4 is 17.7 Å². The molecule has 1 N–H and O–H groups in total. The van der Waals surface area contributed by atoms with Crippen molar-refractivity contribution in [1.82, 2.24) is 5.32 Å². The highest BCUT2D eigenvalue weighted by atomic mass is 32.2. The van der Waals surface area contributed by atoms with E-state index in [0.717, 1.165) is 13.0 Å². The number of thioether (sulfide) groups is 1. The van der Waals surface area contributed by atoms with Crippen molar-refractivity contribution in [3.05, 3.63) is 0 Å². The molecule has 2 atom stereocenters. The molecule has 2 unspecified atom stereocenters. The second-order valence-corrected chi connectivity index (χ2v) is 6.32. The van der Waals surface area contributed by atoms with Crippen molar-refractivity contribution in [3.8, 4) is 0 Å². The van der Waals surface area contributed by atoms with Crippen molar-refractivity contribution < 1.29 is 9.53 Å². The molecule has 0 aromatic rings. The Balaban J connectivity index is 3.80. The van der Waals surface area contributed by atoms with Gasteiger partial charge in [0.15, 0.2) is 0 Å². The summed E-state index contributed by atoms with van der Waals surface area (Å²) in [6, 6.07) is -0.228. The van der Waals surface area contributed by atoms with Crippen LogP contribution in [0.5, 0.6) is 0 Å². The maximum Gasteiger partial charge on any atom is 0.323 e. The number of carbonyl (C=O) groups is 1. The fraction of sp³-hybridized carbons (Fsp3) is 0.917. The second kappa shape index (κ2) is 7.17. The number of esters is 1. The average Bonchev–Trinajstić information content (AvgIpc) is 2.14. The quantitative estimate of drug-likeness (QED) is 0.732. The van der Waals surface area contributed by atoms with E-state index >= 15 is 0 Å². The van der Waals surface area contributed by atoms with Gasteiger partial charge >= 0.3 is 5.97 Å². The van der Waals surface area contributed by atoms with E-state index in [2.05, 4.69) is 18.5 Å². The Morgan fingerprint density at radius 3 is 2.38 bits per heavy atom. The molecule has 0 rings (SSSR count). The van der Waals surface area contributed by atoms with E-state index in [4.69, 9.17) is 4.74 Å². The first-order chi connectivity index (χ1) is 7.26. The Labute approximate surface area is 104 Å². The summed E-state index contributed by atoms with van der Waals surface area (Å²) in [4.78, 5) is 11.6. The predicted molar refractivity (Wildman–Crippen MR) is 70.9 cm³/mol. The fourth-order valence-corrected chi connectivity index (χ4v) is 1.45. The molecule has 0 aromatic heterocycles. The zero-order valence-corrected chi connectivity index (χ0v) is 12.1. The van der Waals surface area contributed by atoms with Crippen LogP contribution in [-0.4, -0.2) is 35.7 Å². The van der Waals surface area contributed by atoms with Crippen LogP contribution in [0.25, 0.3) is 0 Å². The van der Waals surface area contributed by atoms with Crippen LogP contribution in [0.1, 0.15) is 41.0 Å². The van der Waals surface area contributed by atoms with E-state index in [-0.39, 0.29) is 12.0 Å². The summed E-state index contributed by atoms with van der Waals surface area (Å²) in [5.41, 5.74) is -0.403. The van der Waals surface area contributed by atoms with E-state index in [1.807, 2.05) is 39.5 Å². The lowest BCUT2D eigenvalue weighted by Gasteiger charge is -2.23. The fourth-order valence-electron chi connectivity index (χ4n) is 1.09. The van der Waals surface area contributed by atoms with Crippen LogP contribution in [0.4, 0.5) is 0 Å². The molecule has 0 aliphatic heterocycles. The monoisotopic (exact) mass is 247 g/mol. The number of carbonyl (C=O) groups excluding carboxylic acids is 1. The molecule has 0 radical (unpaired) electrons. The van der Waals surface area contributed by atoms with Crippen molar-refractivity contribution in [2.24, 2.45) is 0 Å². The lowest BCUT2D eigenvalue weighted by atomic mass is 10.2. The van der Waals surface area contributed by atoms with Gasteiger partial charge in [-0.25, -0.2) is 0 Å². The summed E-state index contributed by atoms with van der Waals surface area (Å²) in [6.07, 6.45) is 3.16. The zero-order valence-electron chi connectivity index (χ0n) is 11.3. The SMILES string of the molecule is CSC(C)CCNC(C)C(=O)OC(C)(C)C. The smallest absolute Gasteiger partial charge is 0.323 e. The molecular weight excluding hydrogens is 222 g/mol. The normalized spacial score (nSPS) is 15.6. The van der Waals surface area contributed by atoms with E-state index in [1.54, 1.807) is 0 Å². The molecule has 16 heavy (non-hydrogen) atoms. The second-order valence-electron chi connectivity index (χ2n) is 5.04. The highest BCUT2D eigenvalue weighted by molar-refractivity contribution is 7.99. The van der Waals surface area contributed by atoms with Crippen molar-refractivity contribution in [3.63, 3.8) is 0 Å². The summed E-state index contributed by atoms with van der Waals surface area (Å²) < 4.78 is 5.28. The molecule has 96 valence electrons. The van der Waals surface area contributed by atoms with Crippen LogP contribution in [0.15, 0.2) is 0 Å². The van der Waals surface area contributed by atoms with Gasteiger partial charge in [-0.15, -0.1) is 0 Å². The Bertz CT molecular complexity index is 214. The summed E-state index contributed by atoms with van der Waals surface area (Å²) >= 11 is 1.84. The first-order valence-electron chi connectivity index (χ1n) is 5.75. The van der Waals surface area contributed by atoms with Gasteiger partial charge < -0.3 is 10.1 Å². The molecule has 3 nitrogen and oxygen atoms in total. The molecule has 0 fully saturated rings. The lowest BCUT2D eigenvalue weighted by molar-refractivity contribution is -0.156. The highest BCUT2D eigenvalue weighted by Crippen LogP contribution is 2.10. The summed E-state index contributed by atoms with van der Waals surface area (Å²) in [6.45, 7) is 10.5. The molecule has 0 saturated carbocycles. The first-order valence-corrected chi connectivity index (χ1v) is 7.04. The Morgan fingerprint density at radius 2 is 1.94 bits per heavy atom. The van der Waals surface area contributed by atoms with Crippen LogP contribution in [0.3, 0.4) is 0 Å². The molecule has 0 aliphatic rings. The molecule has 0 heterocycles. The van der Waals surface area contributed by atoms with Crippen LogP contribution < -0.4 is 5.32 Å². The molecule has 0 amide bonds. The van der Waals surface area contributed by atoms with Gasteiger partial charge in [0, 0.05) is 5.25 Å². The number of hydrogen-bond acceptors (Lipinski definition) is 4. The summed E-state index contributed by atoms with van der Waals surface area (Å²) in [7, 11) is 0. The van der Waals surface area contributed by atoms with Crippen LogP contribution >= 0.6 is 11.8 Å². The first kappa shape index (κ1) is 15.8. The van der Waals surface area contributed by atoms with Gasteiger partial charge in [0.25, 0.3) is 0 Å². The Hall–Kier alpha value is -0.220. The highest BCUT2D eigenvalue weighted by Gasteiger charge is 2.21. The third-order valence-corrected chi connectivity index (χ3v) is 3.20. The van der Waals surface area contributed by atoms with Gasteiger partial charge in [0.2, 0.25) is 0 Å². The van der Waals surface area contributed by atoms with Crippen LogP contribution in [0, 0.1) is 0 Å². The maximum atomic E-state index is 11.6. The maximum absolute atomic E-state index is 11.6. The van der Waals surface area contributed by atoms with Crippen molar-refractivity contribution in [2.45, 2.75) is 57.9 Å². The molecule has 0 saturated heterocycles. The predicted octanol–water partition coefficient (Wildman–Crippen LogP) is 2.45. The number of ether oxygens (including phenoxy) is 1.